The van der Waals surface area contributed by atoms with Crippen molar-refractivity contribution in [1.82, 2.24) is 15.3 Å². The van der Waals surface area contributed by atoms with E-state index in [1.807, 2.05) is 29.8 Å². The number of nitrogens with zero attached hydrogens (tertiary/aromatic N) is 2. The Balaban J connectivity index is 2.16. The Labute approximate surface area is 125 Å². The zero-order valence-corrected chi connectivity index (χ0v) is 13.5. The van der Waals surface area contributed by atoms with Crippen LogP contribution in [0.25, 0.3) is 0 Å². The van der Waals surface area contributed by atoms with Gasteiger partial charge in [-0.2, -0.15) is 0 Å². The fourth-order valence-electron chi connectivity index (χ4n) is 2.04. The summed E-state index contributed by atoms with van der Waals surface area (Å²) < 4.78 is 0. The number of rotatable bonds is 6. The van der Waals surface area contributed by atoms with E-state index in [-0.39, 0.29) is 0 Å². The molecule has 20 heavy (non-hydrogen) atoms. The lowest BCUT2D eigenvalue weighted by Gasteiger charge is -2.09. The van der Waals surface area contributed by atoms with Gasteiger partial charge in [0.2, 0.25) is 0 Å². The van der Waals surface area contributed by atoms with Gasteiger partial charge in [-0.15, -0.1) is 11.3 Å². The first-order chi connectivity index (χ1) is 9.56. The van der Waals surface area contributed by atoms with Gasteiger partial charge in [-0.3, -0.25) is 4.98 Å². The van der Waals surface area contributed by atoms with E-state index >= 15 is 0 Å². The van der Waals surface area contributed by atoms with E-state index in [4.69, 9.17) is 4.98 Å². The fraction of sp³-hybridized carbons (Fsp3) is 0.500. The monoisotopic (exact) mass is 289 g/mol. The van der Waals surface area contributed by atoms with Crippen molar-refractivity contribution in [3.63, 3.8) is 0 Å². The minimum Gasteiger partial charge on any atom is -0.310 e. The van der Waals surface area contributed by atoms with Crippen LogP contribution in [-0.4, -0.2) is 16.0 Å². The molecule has 0 unspecified atom stereocenters. The molecule has 0 atom stereocenters. The molecule has 0 bridgehead atoms. The molecule has 2 aromatic rings. The van der Waals surface area contributed by atoms with Gasteiger partial charge in [0.15, 0.2) is 0 Å². The van der Waals surface area contributed by atoms with Gasteiger partial charge in [-0.05, 0) is 17.5 Å². The number of thiazole rings is 1. The molecular weight excluding hydrogens is 266 g/mol. The third kappa shape index (κ3) is 4.12. The molecule has 4 heteroatoms. The lowest BCUT2D eigenvalue weighted by atomic mass is 10.1. The average molecular weight is 289 g/mol. The van der Waals surface area contributed by atoms with Gasteiger partial charge >= 0.3 is 0 Å². The zero-order chi connectivity index (χ0) is 14.5. The Bertz CT molecular complexity index is 532. The van der Waals surface area contributed by atoms with Crippen LogP contribution in [-0.2, 0) is 13.0 Å². The van der Waals surface area contributed by atoms with E-state index in [1.165, 1.54) is 21.1 Å². The van der Waals surface area contributed by atoms with Crippen LogP contribution in [0.1, 0.15) is 54.8 Å². The molecule has 2 heterocycles. The highest BCUT2D eigenvalue weighted by Gasteiger charge is 2.14. The molecule has 0 aromatic carbocycles. The van der Waals surface area contributed by atoms with Crippen LogP contribution in [0.15, 0.2) is 24.5 Å². The number of pyridine rings is 1. The van der Waals surface area contributed by atoms with Crippen molar-refractivity contribution in [2.45, 2.75) is 52.6 Å². The maximum atomic E-state index is 4.83. The van der Waals surface area contributed by atoms with Gasteiger partial charge in [0, 0.05) is 36.3 Å². The molecule has 3 nitrogen and oxygen atoms in total. The van der Waals surface area contributed by atoms with Gasteiger partial charge < -0.3 is 5.32 Å². The second kappa shape index (κ2) is 6.95. The molecule has 0 aliphatic carbocycles. The Morgan fingerprint density at radius 1 is 1.25 bits per heavy atom. The predicted molar refractivity (Wildman–Crippen MR) is 85.2 cm³/mol. The Kier molecular flexibility index (Phi) is 5.26. The van der Waals surface area contributed by atoms with Crippen LogP contribution >= 0.6 is 11.3 Å². The molecule has 0 saturated carbocycles. The normalized spacial score (nSPS) is 11.5. The molecule has 0 aliphatic rings. The summed E-state index contributed by atoms with van der Waals surface area (Å²) in [7, 11) is 0. The molecule has 0 aliphatic heterocycles. The first-order valence-electron chi connectivity index (χ1n) is 7.17. The molecule has 0 amide bonds. The first kappa shape index (κ1) is 15.1. The Morgan fingerprint density at radius 3 is 2.65 bits per heavy atom. The summed E-state index contributed by atoms with van der Waals surface area (Å²) in [4.78, 5) is 10.4. The van der Waals surface area contributed by atoms with Gasteiger partial charge in [-0.25, -0.2) is 4.98 Å². The smallest absolute Gasteiger partial charge is 0.0976 e. The summed E-state index contributed by atoms with van der Waals surface area (Å²) in [6.45, 7) is 9.68. The van der Waals surface area contributed by atoms with Crippen LogP contribution in [0.2, 0.25) is 0 Å². The van der Waals surface area contributed by atoms with Crippen molar-refractivity contribution in [1.29, 1.82) is 0 Å². The highest BCUT2D eigenvalue weighted by molar-refractivity contribution is 7.11. The van der Waals surface area contributed by atoms with E-state index in [2.05, 4.69) is 44.1 Å². The van der Waals surface area contributed by atoms with Crippen molar-refractivity contribution < 1.29 is 0 Å². The highest BCUT2D eigenvalue weighted by Crippen LogP contribution is 2.26. The molecule has 2 rings (SSSR count). The highest BCUT2D eigenvalue weighted by atomic mass is 32.1. The van der Waals surface area contributed by atoms with Crippen molar-refractivity contribution in [2.24, 2.45) is 0 Å². The molecular formula is C16H23N3S. The molecule has 2 aromatic heterocycles. The predicted octanol–water partition coefficient (Wildman–Crippen LogP) is 3.75. The third-order valence-corrected chi connectivity index (χ3v) is 4.14. The Hall–Kier alpha value is -1.26. The number of hydrogen-bond donors (Lipinski definition) is 1. The summed E-state index contributed by atoms with van der Waals surface area (Å²) in [5.74, 6) is 0.470. The lowest BCUT2D eigenvalue weighted by molar-refractivity contribution is 0.588. The minimum absolute atomic E-state index is 0.470. The number of nitrogens with one attached hydrogen (secondary N) is 1. The summed E-state index contributed by atoms with van der Waals surface area (Å²) in [6.07, 6.45) is 4.60. The van der Waals surface area contributed by atoms with Gasteiger partial charge in [0.05, 0.1) is 10.7 Å². The van der Waals surface area contributed by atoms with Crippen molar-refractivity contribution in [2.75, 3.05) is 0 Å². The maximum absolute atomic E-state index is 4.83. The van der Waals surface area contributed by atoms with Crippen LogP contribution in [0.5, 0.6) is 0 Å². The standard InChI is InChI=1S/C16H23N3S/c1-11(2)16-14(10-18-12(3)4)20-15(19-16)8-13-6-5-7-17-9-13/h5-7,9,11-12,18H,8,10H2,1-4H3. The van der Waals surface area contributed by atoms with Crippen LogP contribution in [0.4, 0.5) is 0 Å². The summed E-state index contributed by atoms with van der Waals surface area (Å²) in [5.41, 5.74) is 2.46. The largest absolute Gasteiger partial charge is 0.310 e. The van der Waals surface area contributed by atoms with E-state index in [9.17, 15) is 0 Å². The minimum atomic E-state index is 0.470. The van der Waals surface area contributed by atoms with Crippen LogP contribution in [0, 0.1) is 0 Å². The van der Waals surface area contributed by atoms with E-state index in [0.29, 0.717) is 12.0 Å². The van der Waals surface area contributed by atoms with Gasteiger partial charge in [-0.1, -0.05) is 33.8 Å². The Morgan fingerprint density at radius 2 is 2.05 bits per heavy atom. The molecule has 0 fully saturated rings. The van der Waals surface area contributed by atoms with Crippen LogP contribution < -0.4 is 5.32 Å². The van der Waals surface area contributed by atoms with Crippen molar-refractivity contribution in [3.05, 3.63) is 45.7 Å². The average Bonchev–Trinajstić information content (AvgIpc) is 2.81. The quantitative estimate of drug-likeness (QED) is 0.880. The lowest BCUT2D eigenvalue weighted by Crippen LogP contribution is -2.22. The molecule has 0 spiro atoms. The molecule has 0 radical (unpaired) electrons. The second-order valence-electron chi connectivity index (χ2n) is 5.64. The topological polar surface area (TPSA) is 37.8 Å². The van der Waals surface area contributed by atoms with E-state index < -0.39 is 0 Å². The fourth-order valence-corrected chi connectivity index (χ4v) is 3.25. The molecule has 1 N–H and O–H groups in total. The van der Waals surface area contributed by atoms with Crippen molar-refractivity contribution in [3.8, 4) is 0 Å². The number of hydrogen-bond acceptors (Lipinski definition) is 4. The van der Waals surface area contributed by atoms with Gasteiger partial charge in [0.25, 0.3) is 0 Å². The molecule has 108 valence electrons. The van der Waals surface area contributed by atoms with Crippen molar-refractivity contribution >= 4 is 11.3 Å². The summed E-state index contributed by atoms with van der Waals surface area (Å²) >= 11 is 1.82. The van der Waals surface area contributed by atoms with E-state index in [1.54, 1.807) is 0 Å². The van der Waals surface area contributed by atoms with Gasteiger partial charge in [0.1, 0.15) is 0 Å². The molecule has 0 saturated heterocycles. The third-order valence-electron chi connectivity index (χ3n) is 3.07. The summed E-state index contributed by atoms with van der Waals surface area (Å²) in [5, 5.41) is 4.67. The first-order valence-corrected chi connectivity index (χ1v) is 7.98. The zero-order valence-electron chi connectivity index (χ0n) is 12.7. The summed E-state index contributed by atoms with van der Waals surface area (Å²) in [6, 6.07) is 4.59. The maximum Gasteiger partial charge on any atom is 0.0976 e. The van der Waals surface area contributed by atoms with Crippen LogP contribution in [0.3, 0.4) is 0 Å². The second-order valence-corrected chi connectivity index (χ2v) is 6.81. The van der Waals surface area contributed by atoms with E-state index in [0.717, 1.165) is 13.0 Å². The SMILES string of the molecule is CC(C)NCc1sc(Cc2cccnc2)nc1C(C)C. The number of aromatic nitrogens is 2.